The molecule has 1 aliphatic heterocycles. The Morgan fingerprint density at radius 3 is 2.67 bits per heavy atom. The van der Waals surface area contributed by atoms with E-state index in [0.717, 1.165) is 0 Å². The predicted octanol–water partition coefficient (Wildman–Crippen LogP) is -1.79. The van der Waals surface area contributed by atoms with Gasteiger partial charge in [-0.1, -0.05) is 0 Å². The standard InChI is InChI=1S/C8H14N2O4S/c11-4-1-5(9-2-4)7(12)10-6(3-15)8(13)14/h4-6,9,11,15H,1-3H2,(H,10,12)(H,13,14). The maximum absolute atomic E-state index is 11.5. The van der Waals surface area contributed by atoms with Crippen LogP contribution in [0, 0.1) is 0 Å². The number of hydrogen-bond donors (Lipinski definition) is 5. The normalized spacial score (nSPS) is 27.3. The SMILES string of the molecule is O=C(O)C(CS)NC(=O)C1CC(O)CN1. The smallest absolute Gasteiger partial charge is 0.327 e. The highest BCUT2D eigenvalue weighted by Crippen LogP contribution is 2.06. The number of amides is 1. The molecule has 7 heteroatoms. The Bertz CT molecular complexity index is 261. The minimum atomic E-state index is -1.11. The van der Waals surface area contributed by atoms with Gasteiger partial charge in [0, 0.05) is 12.3 Å². The molecular weight excluding hydrogens is 220 g/mol. The number of hydrogen-bond acceptors (Lipinski definition) is 5. The van der Waals surface area contributed by atoms with Crippen LogP contribution >= 0.6 is 12.6 Å². The highest BCUT2D eigenvalue weighted by Gasteiger charge is 2.30. The Labute approximate surface area is 92.5 Å². The van der Waals surface area contributed by atoms with Crippen LogP contribution in [0.4, 0.5) is 0 Å². The van der Waals surface area contributed by atoms with Crippen LogP contribution in [0.15, 0.2) is 0 Å². The zero-order valence-electron chi connectivity index (χ0n) is 8.01. The van der Waals surface area contributed by atoms with Crippen molar-refractivity contribution in [2.24, 2.45) is 0 Å². The number of thiol groups is 1. The number of nitrogens with one attached hydrogen (secondary N) is 2. The molecule has 1 saturated heterocycles. The van der Waals surface area contributed by atoms with Crippen LogP contribution < -0.4 is 10.6 Å². The highest BCUT2D eigenvalue weighted by molar-refractivity contribution is 7.80. The Hall–Kier alpha value is -0.790. The number of carbonyl (C=O) groups excluding carboxylic acids is 1. The van der Waals surface area contributed by atoms with E-state index in [2.05, 4.69) is 23.3 Å². The van der Waals surface area contributed by atoms with Gasteiger partial charge in [-0.15, -0.1) is 0 Å². The van der Waals surface area contributed by atoms with E-state index in [1.54, 1.807) is 0 Å². The third-order valence-corrected chi connectivity index (χ3v) is 2.59. The first-order chi connectivity index (χ1) is 7.04. The van der Waals surface area contributed by atoms with E-state index >= 15 is 0 Å². The van der Waals surface area contributed by atoms with E-state index < -0.39 is 30.1 Å². The third kappa shape index (κ3) is 3.37. The molecule has 15 heavy (non-hydrogen) atoms. The second-order valence-corrected chi connectivity index (χ2v) is 3.80. The van der Waals surface area contributed by atoms with Gasteiger partial charge in [-0.3, -0.25) is 4.79 Å². The summed E-state index contributed by atoms with van der Waals surface area (Å²) >= 11 is 3.82. The molecule has 3 atom stereocenters. The summed E-state index contributed by atoms with van der Waals surface area (Å²) in [4.78, 5) is 22.1. The zero-order valence-corrected chi connectivity index (χ0v) is 8.91. The van der Waals surface area contributed by atoms with Gasteiger partial charge in [0.2, 0.25) is 5.91 Å². The molecule has 1 fully saturated rings. The van der Waals surface area contributed by atoms with Crippen molar-refractivity contribution in [1.29, 1.82) is 0 Å². The number of rotatable bonds is 4. The monoisotopic (exact) mass is 234 g/mol. The lowest BCUT2D eigenvalue weighted by molar-refractivity contribution is -0.141. The lowest BCUT2D eigenvalue weighted by atomic mass is 10.2. The Kier molecular flexibility index (Phi) is 4.37. The molecule has 1 aliphatic rings. The van der Waals surface area contributed by atoms with E-state index in [0.29, 0.717) is 13.0 Å². The van der Waals surface area contributed by atoms with Gasteiger partial charge < -0.3 is 20.8 Å². The van der Waals surface area contributed by atoms with Crippen LogP contribution in [0.25, 0.3) is 0 Å². The fourth-order valence-electron chi connectivity index (χ4n) is 1.37. The summed E-state index contributed by atoms with van der Waals surface area (Å²) in [6.07, 6.45) is -0.231. The Morgan fingerprint density at radius 1 is 1.60 bits per heavy atom. The molecule has 0 aromatic carbocycles. The lowest BCUT2D eigenvalue weighted by Gasteiger charge is -2.15. The van der Waals surface area contributed by atoms with Gasteiger partial charge in [0.05, 0.1) is 12.1 Å². The van der Waals surface area contributed by atoms with Crippen LogP contribution in [-0.2, 0) is 9.59 Å². The average Bonchev–Trinajstić information content (AvgIpc) is 2.60. The summed E-state index contributed by atoms with van der Waals surface area (Å²) < 4.78 is 0. The minimum absolute atomic E-state index is 0.0380. The molecule has 86 valence electrons. The highest BCUT2D eigenvalue weighted by atomic mass is 32.1. The van der Waals surface area contributed by atoms with E-state index in [1.165, 1.54) is 0 Å². The minimum Gasteiger partial charge on any atom is -0.480 e. The lowest BCUT2D eigenvalue weighted by Crippen LogP contribution is -2.49. The molecule has 0 aliphatic carbocycles. The zero-order chi connectivity index (χ0) is 11.4. The molecule has 1 rings (SSSR count). The number of carboxylic acid groups (broad SMARTS) is 1. The molecule has 0 saturated carbocycles. The van der Waals surface area contributed by atoms with E-state index in [4.69, 9.17) is 5.11 Å². The van der Waals surface area contributed by atoms with E-state index in [-0.39, 0.29) is 5.75 Å². The van der Waals surface area contributed by atoms with E-state index in [1.807, 2.05) is 0 Å². The predicted molar refractivity (Wildman–Crippen MR) is 55.8 cm³/mol. The Morgan fingerprint density at radius 2 is 2.27 bits per heavy atom. The number of β-amino-alcohol motifs (C(OH)–C–C–N with tert-alkyl or cyclic N) is 1. The molecule has 1 heterocycles. The van der Waals surface area contributed by atoms with Crippen molar-refractivity contribution in [3.63, 3.8) is 0 Å². The molecule has 1 amide bonds. The van der Waals surface area contributed by atoms with Crippen molar-refractivity contribution in [2.45, 2.75) is 24.6 Å². The maximum Gasteiger partial charge on any atom is 0.327 e. The molecule has 4 N–H and O–H groups in total. The van der Waals surface area contributed by atoms with Crippen LogP contribution in [0.2, 0.25) is 0 Å². The van der Waals surface area contributed by atoms with Crippen molar-refractivity contribution in [3.05, 3.63) is 0 Å². The maximum atomic E-state index is 11.5. The molecule has 0 aromatic rings. The van der Waals surface area contributed by atoms with Crippen molar-refractivity contribution in [1.82, 2.24) is 10.6 Å². The first-order valence-corrected chi connectivity index (χ1v) is 5.23. The summed E-state index contributed by atoms with van der Waals surface area (Å²) in [6.45, 7) is 0.358. The topological polar surface area (TPSA) is 98.7 Å². The van der Waals surface area contributed by atoms with Gasteiger partial charge in [0.15, 0.2) is 0 Å². The molecule has 6 nitrogen and oxygen atoms in total. The summed E-state index contributed by atoms with van der Waals surface area (Å²) in [5, 5.41) is 23.0. The molecule has 0 spiro atoms. The third-order valence-electron chi connectivity index (χ3n) is 2.22. The van der Waals surface area contributed by atoms with Crippen molar-refractivity contribution in [3.8, 4) is 0 Å². The van der Waals surface area contributed by atoms with Crippen LogP contribution in [0.5, 0.6) is 0 Å². The second-order valence-electron chi connectivity index (χ2n) is 3.43. The first-order valence-electron chi connectivity index (χ1n) is 4.60. The number of aliphatic hydroxyl groups excluding tert-OH is 1. The summed E-state index contributed by atoms with van der Waals surface area (Å²) in [5.74, 6) is -1.49. The van der Waals surface area contributed by atoms with Crippen LogP contribution in [0.3, 0.4) is 0 Å². The van der Waals surface area contributed by atoms with E-state index in [9.17, 15) is 14.7 Å². The number of carboxylic acids is 1. The number of carbonyl (C=O) groups is 2. The van der Waals surface area contributed by atoms with Gasteiger partial charge in [-0.05, 0) is 6.42 Å². The summed E-state index contributed by atoms with van der Waals surface area (Å²) in [7, 11) is 0. The van der Waals surface area contributed by atoms with Crippen molar-refractivity contribution < 1.29 is 19.8 Å². The van der Waals surface area contributed by atoms with Crippen LogP contribution in [0.1, 0.15) is 6.42 Å². The van der Waals surface area contributed by atoms with Gasteiger partial charge in [-0.2, -0.15) is 12.6 Å². The Balaban J connectivity index is 2.44. The van der Waals surface area contributed by atoms with Gasteiger partial charge in [0.1, 0.15) is 6.04 Å². The second kappa shape index (κ2) is 5.34. The van der Waals surface area contributed by atoms with Crippen molar-refractivity contribution >= 4 is 24.5 Å². The molecule has 0 bridgehead atoms. The van der Waals surface area contributed by atoms with Gasteiger partial charge in [0.25, 0.3) is 0 Å². The molecule has 3 unspecified atom stereocenters. The first kappa shape index (κ1) is 12.3. The largest absolute Gasteiger partial charge is 0.480 e. The fourth-order valence-corrected chi connectivity index (χ4v) is 1.62. The molecular formula is C8H14N2O4S. The van der Waals surface area contributed by atoms with Gasteiger partial charge in [-0.25, -0.2) is 4.79 Å². The van der Waals surface area contributed by atoms with Crippen LogP contribution in [-0.4, -0.2) is 52.6 Å². The summed E-state index contributed by atoms with van der Waals surface area (Å²) in [5.41, 5.74) is 0. The number of aliphatic hydroxyl groups is 1. The summed E-state index contributed by atoms with van der Waals surface area (Å²) in [6, 6.07) is -1.50. The molecule has 0 aromatic heterocycles. The number of aliphatic carboxylic acids is 1. The van der Waals surface area contributed by atoms with Gasteiger partial charge >= 0.3 is 5.97 Å². The average molecular weight is 234 g/mol. The fraction of sp³-hybridized carbons (Fsp3) is 0.750. The van der Waals surface area contributed by atoms with Crippen molar-refractivity contribution in [2.75, 3.05) is 12.3 Å². The quantitative estimate of drug-likeness (QED) is 0.370. The molecule has 0 radical (unpaired) electrons.